The van der Waals surface area contributed by atoms with Gasteiger partial charge in [-0.2, -0.15) is 0 Å². The number of hydrogen-bond donors (Lipinski definition) is 4. The van der Waals surface area contributed by atoms with Crippen LogP contribution >= 0.6 is 11.3 Å². The van der Waals surface area contributed by atoms with E-state index in [0.29, 0.717) is 18.4 Å². The largest absolute Gasteiger partial charge is 0.393 e. The molecule has 8 nitrogen and oxygen atoms in total. The average molecular weight is 502 g/mol. The van der Waals surface area contributed by atoms with E-state index in [1.54, 1.807) is 5.48 Å². The van der Waals surface area contributed by atoms with Crippen LogP contribution in [0.15, 0.2) is 18.2 Å². The minimum absolute atomic E-state index is 0.128. The number of hydrogen-bond acceptors (Lipinski definition) is 8. The van der Waals surface area contributed by atoms with Crippen molar-refractivity contribution in [1.29, 1.82) is 0 Å². The minimum atomic E-state index is -2.77. The van der Waals surface area contributed by atoms with Gasteiger partial charge in [0.1, 0.15) is 10.7 Å². The molecule has 1 saturated heterocycles. The van der Waals surface area contributed by atoms with Gasteiger partial charge in [0.05, 0.1) is 32.5 Å². The van der Waals surface area contributed by atoms with Crippen molar-refractivity contribution in [3.63, 3.8) is 0 Å². The Hall–Kier alpha value is -2.47. The lowest BCUT2D eigenvalue weighted by Crippen LogP contribution is -2.57. The Bertz CT molecular complexity index is 1260. The Morgan fingerprint density at radius 1 is 1.32 bits per heavy atom. The second-order valence-corrected chi connectivity index (χ2v) is 11.3. The number of aromatic nitrogens is 1. The summed E-state index contributed by atoms with van der Waals surface area (Å²) in [6.07, 6.45) is 2.28. The van der Waals surface area contributed by atoms with Gasteiger partial charge in [0.2, 0.25) is 5.91 Å². The summed E-state index contributed by atoms with van der Waals surface area (Å²) in [6.45, 7) is 3.42. The molecule has 1 aliphatic carbocycles. The molecule has 3 N–H and O–H groups in total. The van der Waals surface area contributed by atoms with Crippen molar-refractivity contribution in [3.05, 3.63) is 28.8 Å². The van der Waals surface area contributed by atoms with E-state index in [4.69, 9.17) is 5.21 Å². The average Bonchev–Trinajstić information content (AvgIpc) is 3.16. The molecule has 0 unspecified atom stereocenters. The molecule has 0 spiro atoms. The molecule has 2 aliphatic rings. The Morgan fingerprint density at radius 3 is 2.76 bits per heavy atom. The molecule has 0 bridgehead atoms. The number of nitrogens with zero attached hydrogens (tertiary/aromatic N) is 2. The van der Waals surface area contributed by atoms with Gasteiger partial charge in [0.15, 0.2) is 0 Å². The summed E-state index contributed by atoms with van der Waals surface area (Å²) >= 11 is 1.47. The predicted octanol–water partition coefficient (Wildman–Crippen LogP) is 1.16. The minimum Gasteiger partial charge on any atom is -0.393 e. The number of thiol groups is 1. The summed E-state index contributed by atoms with van der Waals surface area (Å²) in [7, 11) is -2.77. The van der Waals surface area contributed by atoms with Crippen LogP contribution in [0.4, 0.5) is 0 Å². The van der Waals surface area contributed by atoms with Gasteiger partial charge in [-0.05, 0) is 56.2 Å². The van der Waals surface area contributed by atoms with E-state index in [9.17, 15) is 18.3 Å². The van der Waals surface area contributed by atoms with Crippen LogP contribution in [0.3, 0.4) is 0 Å². The first kappa shape index (κ1) is 24.6. The zero-order valence-electron chi connectivity index (χ0n) is 18.8. The molecule has 1 atom stereocenters. The van der Waals surface area contributed by atoms with Gasteiger partial charge >= 0.3 is 0 Å². The molecule has 4 rings (SSSR count). The van der Waals surface area contributed by atoms with Gasteiger partial charge in [0.25, 0.3) is 0 Å². The molecule has 2 fully saturated rings. The Balaban J connectivity index is 1.34. The first-order valence-corrected chi connectivity index (χ1v) is 13.3. The standard InChI is InChI=1S/C24H27N3O5S2/c1-24(15-34(31)32,23(29)26-30)9-8-22-25-20-7-6-16(10-21(20)33-22)4-2-3-5-17-13-27(14-17)18-11-19(28)12-18/h6-7,10,17-19,28,30,34H,8-9,11-15H2,1H3,(H,26,29)/t18?,19?,24-/m0/s1. The lowest BCUT2D eigenvalue weighted by atomic mass is 9.84. The SMILES string of the molecule is C[C@](CCc1nc2ccc(C#CC#CC3CN(C4CC(O)C4)C3)cc2s1)(C[SH](=O)=O)C(=O)NO. The van der Waals surface area contributed by atoms with Crippen LogP contribution in [-0.4, -0.2) is 65.5 Å². The van der Waals surface area contributed by atoms with E-state index in [1.807, 2.05) is 18.2 Å². The molecule has 1 aromatic carbocycles. The maximum Gasteiger partial charge on any atom is 0.250 e. The summed E-state index contributed by atoms with van der Waals surface area (Å²) < 4.78 is 23.3. The van der Waals surface area contributed by atoms with Crippen LogP contribution in [0.25, 0.3) is 10.2 Å². The number of likely N-dealkylation sites (tertiary alicyclic amines) is 1. The van der Waals surface area contributed by atoms with Crippen molar-refractivity contribution in [2.45, 2.75) is 44.8 Å². The van der Waals surface area contributed by atoms with E-state index in [0.717, 1.165) is 46.7 Å². The molecule has 1 amide bonds. The Morgan fingerprint density at radius 2 is 2.09 bits per heavy atom. The van der Waals surface area contributed by atoms with Gasteiger partial charge in [-0.3, -0.25) is 14.9 Å². The number of aryl methyl sites for hydroxylation is 1. The summed E-state index contributed by atoms with van der Waals surface area (Å²) in [4.78, 5) is 18.9. The van der Waals surface area contributed by atoms with E-state index in [-0.39, 0.29) is 18.3 Å². The van der Waals surface area contributed by atoms with Crippen molar-refractivity contribution in [2.24, 2.45) is 11.3 Å². The van der Waals surface area contributed by atoms with E-state index in [1.165, 1.54) is 18.3 Å². The Kier molecular flexibility index (Phi) is 7.56. The molecule has 2 heterocycles. The van der Waals surface area contributed by atoms with Crippen LogP contribution in [-0.2, 0) is 21.9 Å². The smallest absolute Gasteiger partial charge is 0.250 e. The fourth-order valence-electron chi connectivity index (χ4n) is 4.23. The number of benzene rings is 1. The summed E-state index contributed by atoms with van der Waals surface area (Å²) in [5.41, 5.74) is 2.00. The van der Waals surface area contributed by atoms with Crippen molar-refractivity contribution in [2.75, 3.05) is 18.8 Å². The van der Waals surface area contributed by atoms with Crippen LogP contribution in [0.2, 0.25) is 0 Å². The molecule has 0 radical (unpaired) electrons. The highest BCUT2D eigenvalue weighted by Gasteiger charge is 2.38. The van der Waals surface area contributed by atoms with Crippen LogP contribution < -0.4 is 5.48 Å². The van der Waals surface area contributed by atoms with Crippen molar-refractivity contribution >= 4 is 38.2 Å². The first-order chi connectivity index (χ1) is 16.3. The molecular formula is C24H27N3O5S2. The van der Waals surface area contributed by atoms with Crippen molar-refractivity contribution in [3.8, 4) is 23.7 Å². The Labute approximate surface area is 204 Å². The highest BCUT2D eigenvalue weighted by molar-refractivity contribution is 7.72. The third-order valence-electron chi connectivity index (χ3n) is 6.51. The fourth-order valence-corrected chi connectivity index (χ4v) is 6.10. The third kappa shape index (κ3) is 5.77. The number of nitrogens with one attached hydrogen (secondary N) is 1. The quantitative estimate of drug-likeness (QED) is 0.195. The van der Waals surface area contributed by atoms with Gasteiger partial charge in [-0.1, -0.05) is 11.8 Å². The number of amides is 1. The van der Waals surface area contributed by atoms with E-state index in [2.05, 4.69) is 33.6 Å². The molecule has 180 valence electrons. The third-order valence-corrected chi connectivity index (χ3v) is 8.55. The molecule has 1 aromatic heterocycles. The van der Waals surface area contributed by atoms with Crippen LogP contribution in [0.1, 0.15) is 36.8 Å². The second kappa shape index (κ2) is 10.4. The lowest BCUT2D eigenvalue weighted by Gasteiger charge is -2.48. The maximum absolute atomic E-state index is 12.0. The zero-order chi connectivity index (χ0) is 24.3. The van der Waals surface area contributed by atoms with Crippen LogP contribution in [0, 0.1) is 35.0 Å². The molecule has 34 heavy (non-hydrogen) atoms. The number of hydroxylamine groups is 1. The number of carbonyl (C=O) groups is 1. The number of fused-ring (bicyclic) bond motifs is 1. The molecule has 2 aromatic rings. The first-order valence-electron chi connectivity index (χ1n) is 11.2. The number of aliphatic hydroxyl groups excluding tert-OH is 1. The highest BCUT2D eigenvalue weighted by atomic mass is 32.2. The monoisotopic (exact) mass is 501 g/mol. The summed E-state index contributed by atoms with van der Waals surface area (Å²) in [6, 6.07) is 6.25. The molecule has 10 heteroatoms. The van der Waals surface area contributed by atoms with Gasteiger partial charge in [-0.25, -0.2) is 18.9 Å². The van der Waals surface area contributed by atoms with Gasteiger partial charge in [-0.15, -0.1) is 11.3 Å². The molecular weight excluding hydrogens is 474 g/mol. The molecule has 1 saturated carbocycles. The predicted molar refractivity (Wildman–Crippen MR) is 130 cm³/mol. The number of carbonyl (C=O) groups excluding carboxylic acids is 1. The van der Waals surface area contributed by atoms with E-state index >= 15 is 0 Å². The zero-order valence-corrected chi connectivity index (χ0v) is 20.5. The van der Waals surface area contributed by atoms with E-state index < -0.39 is 22.0 Å². The van der Waals surface area contributed by atoms with Crippen molar-refractivity contribution in [1.82, 2.24) is 15.4 Å². The number of thiazole rings is 1. The number of rotatable bonds is 7. The van der Waals surface area contributed by atoms with Crippen LogP contribution in [0.5, 0.6) is 0 Å². The van der Waals surface area contributed by atoms with Gasteiger partial charge in [0, 0.05) is 37.0 Å². The highest BCUT2D eigenvalue weighted by Crippen LogP contribution is 2.31. The van der Waals surface area contributed by atoms with Crippen molar-refractivity contribution < 1.29 is 23.5 Å². The summed E-state index contributed by atoms with van der Waals surface area (Å²) in [5.74, 6) is 11.4. The van der Waals surface area contributed by atoms with Gasteiger partial charge < -0.3 is 5.11 Å². The fraction of sp³-hybridized carbons (Fsp3) is 0.500. The second-order valence-electron chi connectivity index (χ2n) is 9.23. The normalized spacial score (nSPS) is 22.0. The lowest BCUT2D eigenvalue weighted by molar-refractivity contribution is -0.138. The summed E-state index contributed by atoms with van der Waals surface area (Å²) in [5, 5.41) is 19.2. The number of aliphatic hydroxyl groups is 1. The topological polar surface area (TPSA) is 120 Å². The maximum atomic E-state index is 12.0. The molecule has 1 aliphatic heterocycles.